The Morgan fingerprint density at radius 1 is 1.57 bits per heavy atom. The van der Waals surface area contributed by atoms with Gasteiger partial charge in [-0.25, -0.2) is 0 Å². The molecule has 0 spiro atoms. The van der Waals surface area contributed by atoms with Crippen LogP contribution in [0.5, 0.6) is 0 Å². The quantitative estimate of drug-likeness (QED) is 0.701. The highest BCUT2D eigenvalue weighted by Gasteiger charge is 2.22. The Balaban J connectivity index is 2.51. The minimum atomic E-state index is -0.887. The zero-order valence-corrected chi connectivity index (χ0v) is 9.19. The van der Waals surface area contributed by atoms with Crippen molar-refractivity contribution < 1.29 is 9.68 Å². The molecule has 1 aromatic rings. The highest BCUT2D eigenvalue weighted by Crippen LogP contribution is 2.12. The number of hydrogen-bond donors (Lipinski definition) is 1. The smallest absolute Gasteiger partial charge is 0.422 e. The van der Waals surface area contributed by atoms with Crippen LogP contribution in [0.3, 0.4) is 0 Å². The minimum absolute atomic E-state index is 0.0551. The van der Waals surface area contributed by atoms with Gasteiger partial charge in [0.1, 0.15) is 0 Å². The molecular weight excluding hydrogens is 179 g/mol. The molecule has 0 aliphatic rings. The summed E-state index contributed by atoms with van der Waals surface area (Å²) in [6, 6.07) is 1.74. The molecule has 0 saturated carbocycles. The zero-order valence-electron chi connectivity index (χ0n) is 9.19. The van der Waals surface area contributed by atoms with Gasteiger partial charge >= 0.3 is 7.12 Å². The molecule has 1 N–H and O–H groups in total. The number of rotatable bonds is 3. The summed E-state index contributed by atoms with van der Waals surface area (Å²) >= 11 is 0. The fraction of sp³-hybridized carbons (Fsp3) is 0.667. The van der Waals surface area contributed by atoms with E-state index in [1.54, 1.807) is 24.0 Å². The molecule has 1 rings (SSSR count). The lowest BCUT2D eigenvalue weighted by Crippen LogP contribution is -2.40. The molecule has 1 aromatic heterocycles. The Morgan fingerprint density at radius 2 is 2.21 bits per heavy atom. The third-order valence-electron chi connectivity index (χ3n) is 1.79. The van der Waals surface area contributed by atoms with Gasteiger partial charge in [-0.2, -0.15) is 5.10 Å². The largest absolute Gasteiger partial charge is 0.510 e. The molecule has 1 heterocycles. The molecule has 0 aromatic carbocycles. The van der Waals surface area contributed by atoms with E-state index in [4.69, 9.17) is 4.65 Å². The van der Waals surface area contributed by atoms with E-state index in [1.165, 1.54) is 0 Å². The van der Waals surface area contributed by atoms with E-state index < -0.39 is 7.12 Å². The maximum absolute atomic E-state index is 9.67. The van der Waals surface area contributed by atoms with Gasteiger partial charge in [0.05, 0.1) is 5.59 Å². The molecule has 0 amide bonds. The van der Waals surface area contributed by atoms with Gasteiger partial charge in [0, 0.05) is 19.9 Å². The van der Waals surface area contributed by atoms with Gasteiger partial charge in [-0.05, 0) is 11.5 Å². The third kappa shape index (κ3) is 3.16. The zero-order chi connectivity index (χ0) is 10.8. The molecule has 4 nitrogen and oxygen atoms in total. The molecule has 78 valence electrons. The molecule has 0 bridgehead atoms. The van der Waals surface area contributed by atoms with Crippen molar-refractivity contribution in [2.45, 2.75) is 20.8 Å². The first kappa shape index (κ1) is 11.3. The predicted octanol–water partition coefficient (Wildman–Crippen LogP) is 0.170. The Bertz CT molecular complexity index is 293. The first-order valence-electron chi connectivity index (χ1n) is 4.68. The van der Waals surface area contributed by atoms with Crippen LogP contribution < -0.4 is 5.59 Å². The van der Waals surface area contributed by atoms with Gasteiger partial charge in [-0.15, -0.1) is 0 Å². The molecule has 5 heteroatoms. The number of nitrogens with zero attached hydrogens (tertiary/aromatic N) is 2. The fourth-order valence-electron chi connectivity index (χ4n) is 1.04. The molecule has 0 unspecified atom stereocenters. The monoisotopic (exact) mass is 196 g/mol. The lowest BCUT2D eigenvalue weighted by Gasteiger charge is -2.19. The second kappa shape index (κ2) is 4.15. The highest BCUT2D eigenvalue weighted by atomic mass is 16.5. The summed E-state index contributed by atoms with van der Waals surface area (Å²) in [6.07, 6.45) is 1.64. The number of hydrogen-bond acceptors (Lipinski definition) is 3. The van der Waals surface area contributed by atoms with Crippen molar-refractivity contribution >= 4 is 12.7 Å². The topological polar surface area (TPSA) is 47.3 Å². The Kier molecular flexibility index (Phi) is 3.34. The van der Waals surface area contributed by atoms with Crippen LogP contribution in [-0.2, 0) is 11.7 Å². The average Bonchev–Trinajstić information content (AvgIpc) is 2.46. The van der Waals surface area contributed by atoms with Gasteiger partial charge < -0.3 is 9.68 Å². The Hall–Kier alpha value is -0.805. The van der Waals surface area contributed by atoms with Crippen molar-refractivity contribution in [3.63, 3.8) is 0 Å². The van der Waals surface area contributed by atoms with Gasteiger partial charge in [0.25, 0.3) is 0 Å². The van der Waals surface area contributed by atoms with Gasteiger partial charge in [-0.3, -0.25) is 4.68 Å². The molecule has 0 aliphatic carbocycles. The average molecular weight is 196 g/mol. The van der Waals surface area contributed by atoms with E-state index in [0.717, 1.165) is 0 Å². The van der Waals surface area contributed by atoms with Gasteiger partial charge in [-0.1, -0.05) is 20.8 Å². The summed E-state index contributed by atoms with van der Waals surface area (Å²) < 4.78 is 6.93. The summed E-state index contributed by atoms with van der Waals surface area (Å²) in [5.41, 5.74) is 0.730. The molecule has 14 heavy (non-hydrogen) atoms. The van der Waals surface area contributed by atoms with Crippen molar-refractivity contribution in [3.05, 3.63) is 12.3 Å². The van der Waals surface area contributed by atoms with Crippen LogP contribution in [0.15, 0.2) is 12.3 Å². The summed E-state index contributed by atoms with van der Waals surface area (Å²) in [7, 11) is 0.889. The second-order valence-electron chi connectivity index (χ2n) is 4.60. The van der Waals surface area contributed by atoms with E-state index >= 15 is 0 Å². The minimum Gasteiger partial charge on any atom is -0.422 e. The maximum Gasteiger partial charge on any atom is 0.510 e. The van der Waals surface area contributed by atoms with Crippen molar-refractivity contribution in [1.29, 1.82) is 0 Å². The number of aryl methyl sites for hydroxylation is 1. The predicted molar refractivity (Wildman–Crippen MR) is 56.2 cm³/mol. The highest BCUT2D eigenvalue weighted by molar-refractivity contribution is 6.59. The van der Waals surface area contributed by atoms with Crippen LogP contribution in [0.25, 0.3) is 0 Å². The molecule has 0 atom stereocenters. The van der Waals surface area contributed by atoms with Crippen LogP contribution in [0.2, 0.25) is 0 Å². The van der Waals surface area contributed by atoms with Crippen molar-refractivity contribution in [2.75, 3.05) is 6.61 Å². The maximum atomic E-state index is 9.67. The summed E-state index contributed by atoms with van der Waals surface area (Å²) in [6.45, 7) is 6.69. The van der Waals surface area contributed by atoms with Gasteiger partial charge in [0.15, 0.2) is 0 Å². The normalized spacial score (nSPS) is 11.8. The lowest BCUT2D eigenvalue weighted by molar-refractivity contribution is 0.173. The summed E-state index contributed by atoms with van der Waals surface area (Å²) in [5, 5.41) is 13.6. The Labute approximate surface area is 85.0 Å². The van der Waals surface area contributed by atoms with Gasteiger partial charge in [0.2, 0.25) is 0 Å². The third-order valence-corrected chi connectivity index (χ3v) is 1.79. The van der Waals surface area contributed by atoms with E-state index in [-0.39, 0.29) is 5.41 Å². The summed E-state index contributed by atoms with van der Waals surface area (Å²) in [5.74, 6) is 0. The molecule has 0 saturated heterocycles. The van der Waals surface area contributed by atoms with E-state index in [2.05, 4.69) is 25.9 Å². The molecular formula is C9H17BN2O2. The second-order valence-corrected chi connectivity index (χ2v) is 4.60. The molecule has 0 fully saturated rings. The van der Waals surface area contributed by atoms with E-state index in [0.29, 0.717) is 12.2 Å². The molecule has 0 radical (unpaired) electrons. The van der Waals surface area contributed by atoms with E-state index in [1.807, 2.05) is 0 Å². The van der Waals surface area contributed by atoms with Crippen LogP contribution in [-0.4, -0.2) is 28.5 Å². The SMILES string of the molecule is Cn1nccc1B(O)OCC(C)(C)C. The Morgan fingerprint density at radius 3 is 2.64 bits per heavy atom. The van der Waals surface area contributed by atoms with Crippen LogP contribution in [0, 0.1) is 5.41 Å². The summed E-state index contributed by atoms with van der Waals surface area (Å²) in [4.78, 5) is 0. The van der Waals surface area contributed by atoms with Crippen LogP contribution in [0.4, 0.5) is 0 Å². The fourth-order valence-corrected chi connectivity index (χ4v) is 1.04. The lowest BCUT2D eigenvalue weighted by atomic mass is 9.84. The standard InChI is InChI=1S/C9H17BN2O2/c1-9(2,3)7-14-10(13)8-5-6-11-12(8)4/h5-6,13H,7H2,1-4H3. The first-order valence-corrected chi connectivity index (χ1v) is 4.68. The van der Waals surface area contributed by atoms with Crippen LogP contribution in [0.1, 0.15) is 20.8 Å². The van der Waals surface area contributed by atoms with Crippen molar-refractivity contribution in [3.8, 4) is 0 Å². The van der Waals surface area contributed by atoms with Crippen LogP contribution >= 0.6 is 0 Å². The van der Waals surface area contributed by atoms with Crippen molar-refractivity contribution in [2.24, 2.45) is 12.5 Å². The first-order chi connectivity index (χ1) is 6.40. The van der Waals surface area contributed by atoms with Crippen molar-refractivity contribution in [1.82, 2.24) is 9.78 Å². The number of aromatic nitrogens is 2. The molecule has 0 aliphatic heterocycles. The van der Waals surface area contributed by atoms with E-state index in [9.17, 15) is 5.02 Å².